The van der Waals surface area contributed by atoms with Gasteiger partial charge in [-0.05, 0) is 18.2 Å². The summed E-state index contributed by atoms with van der Waals surface area (Å²) in [7, 11) is 0. The van der Waals surface area contributed by atoms with E-state index in [1.807, 2.05) is 0 Å². The first-order valence-corrected chi connectivity index (χ1v) is 6.55. The van der Waals surface area contributed by atoms with E-state index in [1.54, 1.807) is 54.6 Å². The van der Waals surface area contributed by atoms with Gasteiger partial charge in [0.15, 0.2) is 0 Å². The maximum atomic E-state index is 13.5. The van der Waals surface area contributed by atoms with Gasteiger partial charge in [-0.15, -0.1) is 0 Å². The van der Waals surface area contributed by atoms with Crippen molar-refractivity contribution >= 4 is 17.9 Å². The number of amides is 2. The molecule has 0 bridgehead atoms. The van der Waals surface area contributed by atoms with Gasteiger partial charge in [-0.25, -0.2) is 4.39 Å². The highest BCUT2D eigenvalue weighted by atomic mass is 19.1. The number of benzene rings is 2. The zero-order valence-electron chi connectivity index (χ0n) is 11.1. The molecule has 2 aromatic carbocycles. The van der Waals surface area contributed by atoms with Gasteiger partial charge >= 0.3 is 0 Å². The number of carbonyl (C=O) groups is 2. The summed E-state index contributed by atoms with van der Waals surface area (Å²) in [6.07, 6.45) is 3.18. The van der Waals surface area contributed by atoms with Crippen molar-refractivity contribution in [1.29, 1.82) is 0 Å². The number of fused-ring (bicyclic) bond motifs is 1. The Labute approximate surface area is 121 Å². The fourth-order valence-corrected chi connectivity index (χ4v) is 2.30. The monoisotopic (exact) mass is 281 g/mol. The summed E-state index contributed by atoms with van der Waals surface area (Å²) in [5.74, 6) is -0.960. The van der Waals surface area contributed by atoms with Crippen LogP contribution in [0.15, 0.2) is 54.6 Å². The molecular weight excluding hydrogens is 269 g/mol. The number of imide groups is 1. The quantitative estimate of drug-likeness (QED) is 0.810. The molecule has 0 atom stereocenters. The van der Waals surface area contributed by atoms with Crippen molar-refractivity contribution in [2.45, 2.75) is 0 Å². The molecule has 2 amide bonds. The lowest BCUT2D eigenvalue weighted by atomic mass is 10.1. The van der Waals surface area contributed by atoms with E-state index >= 15 is 0 Å². The van der Waals surface area contributed by atoms with Gasteiger partial charge in [0.05, 0.1) is 11.1 Å². The fraction of sp³-hybridized carbons (Fsp3) is 0.0588. The second kappa shape index (κ2) is 5.32. The summed E-state index contributed by atoms with van der Waals surface area (Å²) in [6, 6.07) is 13.1. The predicted octanol–water partition coefficient (Wildman–Crippen LogP) is 3.14. The van der Waals surface area contributed by atoms with E-state index in [-0.39, 0.29) is 24.2 Å². The third-order valence-corrected chi connectivity index (χ3v) is 3.37. The maximum Gasteiger partial charge on any atom is 0.261 e. The van der Waals surface area contributed by atoms with Crippen molar-refractivity contribution in [2.24, 2.45) is 0 Å². The lowest BCUT2D eigenvalue weighted by Gasteiger charge is -2.10. The standard InChI is InChI=1S/C17H12FNO2/c18-15-10-4-1-6-12(15)7-5-11-19-16(20)13-8-2-3-9-14(13)17(19)21/h1-10H,11H2/b7-5+. The molecule has 0 spiro atoms. The largest absolute Gasteiger partial charge is 0.270 e. The molecule has 0 saturated carbocycles. The van der Waals surface area contributed by atoms with Crippen LogP contribution >= 0.6 is 0 Å². The molecule has 0 N–H and O–H groups in total. The van der Waals surface area contributed by atoms with Gasteiger partial charge < -0.3 is 0 Å². The molecule has 0 aliphatic carbocycles. The molecule has 3 nitrogen and oxygen atoms in total. The Morgan fingerprint density at radius 1 is 0.905 bits per heavy atom. The van der Waals surface area contributed by atoms with Crippen molar-refractivity contribution in [1.82, 2.24) is 4.90 Å². The van der Waals surface area contributed by atoms with Crippen LogP contribution < -0.4 is 0 Å². The van der Waals surface area contributed by atoms with Crippen molar-refractivity contribution in [3.63, 3.8) is 0 Å². The Balaban J connectivity index is 1.77. The van der Waals surface area contributed by atoms with Gasteiger partial charge in [0, 0.05) is 12.1 Å². The summed E-state index contributed by atoms with van der Waals surface area (Å²) >= 11 is 0. The lowest BCUT2D eigenvalue weighted by Crippen LogP contribution is -2.29. The normalized spacial score (nSPS) is 14.0. The summed E-state index contributed by atoms with van der Waals surface area (Å²) in [6.45, 7) is 0.126. The molecule has 1 aliphatic rings. The zero-order valence-corrected chi connectivity index (χ0v) is 11.1. The Morgan fingerprint density at radius 3 is 2.10 bits per heavy atom. The number of rotatable bonds is 3. The first-order chi connectivity index (χ1) is 10.2. The van der Waals surface area contributed by atoms with Crippen molar-refractivity contribution in [3.8, 4) is 0 Å². The van der Waals surface area contributed by atoms with Gasteiger partial charge in [-0.2, -0.15) is 0 Å². The van der Waals surface area contributed by atoms with E-state index < -0.39 is 0 Å². The second-order valence-electron chi connectivity index (χ2n) is 4.69. The fourth-order valence-electron chi connectivity index (χ4n) is 2.30. The number of nitrogens with zero attached hydrogens (tertiary/aromatic N) is 1. The Morgan fingerprint density at radius 2 is 1.48 bits per heavy atom. The molecule has 1 aliphatic heterocycles. The van der Waals surface area contributed by atoms with Crippen LogP contribution in [-0.4, -0.2) is 23.3 Å². The molecule has 3 rings (SSSR count). The summed E-state index contributed by atoms with van der Waals surface area (Å²) in [4.78, 5) is 25.4. The van der Waals surface area contributed by atoms with E-state index in [0.29, 0.717) is 16.7 Å². The van der Waals surface area contributed by atoms with Crippen LogP contribution in [0.4, 0.5) is 4.39 Å². The molecule has 0 fully saturated rings. The molecule has 104 valence electrons. The van der Waals surface area contributed by atoms with Crippen molar-refractivity contribution in [3.05, 3.63) is 77.1 Å². The highest BCUT2D eigenvalue weighted by Crippen LogP contribution is 2.22. The van der Waals surface area contributed by atoms with Crippen LogP contribution in [0.3, 0.4) is 0 Å². The first-order valence-electron chi connectivity index (χ1n) is 6.55. The Hall–Kier alpha value is -2.75. The number of carbonyl (C=O) groups excluding carboxylic acids is 2. The highest BCUT2D eigenvalue weighted by Gasteiger charge is 2.33. The number of hydrogen-bond acceptors (Lipinski definition) is 2. The highest BCUT2D eigenvalue weighted by molar-refractivity contribution is 6.21. The van der Waals surface area contributed by atoms with Gasteiger partial charge in [0.25, 0.3) is 11.8 Å². The molecule has 2 aromatic rings. The third-order valence-electron chi connectivity index (χ3n) is 3.37. The van der Waals surface area contributed by atoms with Crippen molar-refractivity contribution < 1.29 is 14.0 Å². The van der Waals surface area contributed by atoms with E-state index in [9.17, 15) is 14.0 Å². The molecule has 21 heavy (non-hydrogen) atoms. The first kappa shape index (κ1) is 13.2. The smallest absolute Gasteiger partial charge is 0.261 e. The van der Waals surface area contributed by atoms with Gasteiger partial charge in [-0.1, -0.05) is 42.5 Å². The Bertz CT molecular complexity index is 717. The average Bonchev–Trinajstić information content (AvgIpc) is 2.74. The minimum atomic E-state index is -0.337. The minimum Gasteiger partial charge on any atom is -0.270 e. The minimum absolute atomic E-state index is 0.126. The van der Waals surface area contributed by atoms with Crippen LogP contribution in [0.1, 0.15) is 26.3 Å². The van der Waals surface area contributed by atoms with Crippen molar-refractivity contribution in [2.75, 3.05) is 6.54 Å². The summed E-state index contributed by atoms with van der Waals surface area (Å²) < 4.78 is 13.5. The average molecular weight is 281 g/mol. The molecule has 0 aromatic heterocycles. The zero-order chi connectivity index (χ0) is 14.8. The molecular formula is C17H12FNO2. The SMILES string of the molecule is O=C1c2ccccc2C(=O)N1C/C=C/c1ccccc1F. The van der Waals surface area contributed by atoms with E-state index in [1.165, 1.54) is 6.07 Å². The second-order valence-corrected chi connectivity index (χ2v) is 4.69. The molecule has 0 saturated heterocycles. The van der Waals surface area contributed by atoms with Crippen LogP contribution in [0.5, 0.6) is 0 Å². The maximum absolute atomic E-state index is 13.5. The van der Waals surface area contributed by atoms with Gasteiger partial charge in [-0.3, -0.25) is 14.5 Å². The van der Waals surface area contributed by atoms with E-state index in [2.05, 4.69) is 0 Å². The molecule has 1 heterocycles. The van der Waals surface area contributed by atoms with E-state index in [4.69, 9.17) is 0 Å². The predicted molar refractivity (Wildman–Crippen MR) is 77.2 cm³/mol. The van der Waals surface area contributed by atoms with Gasteiger partial charge in [0.1, 0.15) is 5.82 Å². The van der Waals surface area contributed by atoms with Gasteiger partial charge in [0.2, 0.25) is 0 Å². The Kier molecular flexibility index (Phi) is 3.36. The third kappa shape index (κ3) is 2.36. The number of hydrogen-bond donors (Lipinski definition) is 0. The topological polar surface area (TPSA) is 37.4 Å². The molecule has 4 heteroatoms. The summed E-state index contributed by atoms with van der Waals surface area (Å²) in [5, 5.41) is 0. The van der Waals surface area contributed by atoms with Crippen LogP contribution in [-0.2, 0) is 0 Å². The lowest BCUT2D eigenvalue weighted by molar-refractivity contribution is 0.0672. The van der Waals surface area contributed by atoms with Crippen LogP contribution in [0.2, 0.25) is 0 Å². The summed E-state index contributed by atoms with van der Waals surface area (Å²) in [5.41, 5.74) is 1.26. The van der Waals surface area contributed by atoms with E-state index in [0.717, 1.165) is 4.90 Å². The van der Waals surface area contributed by atoms with Crippen LogP contribution in [0, 0.1) is 5.82 Å². The number of halogens is 1. The molecule has 0 unspecified atom stereocenters. The molecule has 0 radical (unpaired) electrons. The van der Waals surface area contributed by atoms with Crippen LogP contribution in [0.25, 0.3) is 6.08 Å².